The molecule has 0 spiro atoms. The van der Waals surface area contributed by atoms with Crippen molar-refractivity contribution in [3.8, 4) is 0 Å². The van der Waals surface area contributed by atoms with Crippen LogP contribution in [0.4, 0.5) is 0 Å². The molecule has 0 radical (unpaired) electrons. The van der Waals surface area contributed by atoms with Gasteiger partial charge in [-0.2, -0.15) is 0 Å². The third kappa shape index (κ3) is 5.55. The second-order valence-electron chi connectivity index (χ2n) is 4.94. The lowest BCUT2D eigenvalue weighted by Crippen LogP contribution is -2.52. The highest BCUT2D eigenvalue weighted by Gasteiger charge is 2.25. The predicted octanol–water partition coefficient (Wildman–Crippen LogP) is 0.802. The molecule has 0 fully saturated rings. The number of methoxy groups -OCH3 is 1. The minimum absolute atomic E-state index is 0.304. The molecule has 6 nitrogen and oxygen atoms in total. The summed E-state index contributed by atoms with van der Waals surface area (Å²) in [7, 11) is 1.27. The van der Waals surface area contributed by atoms with Crippen LogP contribution in [0, 0.1) is 0 Å². The van der Waals surface area contributed by atoms with Crippen LogP contribution in [-0.4, -0.2) is 37.0 Å². The Labute approximate surface area is 130 Å². The Bertz CT molecular complexity index is 516. The maximum Gasteiger partial charge on any atom is 0.328 e. The average Bonchev–Trinajstić information content (AvgIpc) is 2.51. The molecule has 1 aromatic carbocycles. The molecule has 1 rings (SSSR count). The third-order valence-electron chi connectivity index (χ3n) is 3.19. The monoisotopic (exact) mass is 306 g/mol. The fraction of sp³-hybridized carbons (Fsp3) is 0.438. The molecule has 2 amide bonds. The van der Waals surface area contributed by atoms with E-state index in [0.717, 1.165) is 5.56 Å². The second-order valence-corrected chi connectivity index (χ2v) is 4.94. The van der Waals surface area contributed by atoms with Crippen LogP contribution in [0.3, 0.4) is 0 Å². The third-order valence-corrected chi connectivity index (χ3v) is 3.19. The molecule has 0 unspecified atom stereocenters. The molecule has 6 heteroatoms. The van der Waals surface area contributed by atoms with E-state index in [-0.39, 0.29) is 5.91 Å². The van der Waals surface area contributed by atoms with Gasteiger partial charge in [-0.3, -0.25) is 9.59 Å². The lowest BCUT2D eigenvalue weighted by atomic mass is 10.0. The van der Waals surface area contributed by atoms with Crippen molar-refractivity contribution >= 4 is 17.8 Å². The number of carbonyl (C=O) groups excluding carboxylic acids is 3. The number of ether oxygens (including phenoxy) is 1. The molecule has 0 saturated carbocycles. The normalized spacial score (nSPS) is 12.9. The van der Waals surface area contributed by atoms with E-state index in [4.69, 9.17) is 0 Å². The second kappa shape index (κ2) is 8.81. The predicted molar refractivity (Wildman–Crippen MR) is 82.0 cm³/mol. The molecule has 0 bridgehead atoms. The van der Waals surface area contributed by atoms with Crippen LogP contribution in [0.5, 0.6) is 0 Å². The number of amides is 2. The number of benzene rings is 1. The van der Waals surface area contributed by atoms with Gasteiger partial charge < -0.3 is 15.4 Å². The summed E-state index contributed by atoms with van der Waals surface area (Å²) in [5.41, 5.74) is 0.919. The van der Waals surface area contributed by atoms with E-state index in [2.05, 4.69) is 15.4 Å². The summed E-state index contributed by atoms with van der Waals surface area (Å²) >= 11 is 0. The highest BCUT2D eigenvalue weighted by molar-refractivity contribution is 5.90. The van der Waals surface area contributed by atoms with Gasteiger partial charge in [0.25, 0.3) is 0 Å². The quantitative estimate of drug-likeness (QED) is 0.730. The van der Waals surface area contributed by atoms with Gasteiger partial charge in [-0.1, -0.05) is 37.3 Å². The van der Waals surface area contributed by atoms with Gasteiger partial charge in [-0.25, -0.2) is 4.79 Å². The Balaban J connectivity index is 2.79. The van der Waals surface area contributed by atoms with Gasteiger partial charge in [0.2, 0.25) is 11.8 Å². The van der Waals surface area contributed by atoms with Gasteiger partial charge in [-0.15, -0.1) is 0 Å². The fourth-order valence-corrected chi connectivity index (χ4v) is 2.05. The van der Waals surface area contributed by atoms with E-state index in [0.29, 0.717) is 12.8 Å². The van der Waals surface area contributed by atoms with Crippen molar-refractivity contribution in [3.63, 3.8) is 0 Å². The van der Waals surface area contributed by atoms with Gasteiger partial charge in [-0.05, 0) is 12.0 Å². The molecule has 0 heterocycles. The minimum Gasteiger partial charge on any atom is -0.467 e. The SMILES string of the molecule is CC[C@H](NC(=O)[C@H](Cc1ccccc1)NC(C)=O)C(=O)OC. The number of hydrogen-bond donors (Lipinski definition) is 2. The summed E-state index contributed by atoms with van der Waals surface area (Å²) in [6.45, 7) is 3.12. The Morgan fingerprint density at radius 1 is 1.09 bits per heavy atom. The summed E-state index contributed by atoms with van der Waals surface area (Å²) in [5.74, 6) is -1.21. The lowest BCUT2D eigenvalue weighted by molar-refractivity contribution is -0.145. The van der Waals surface area contributed by atoms with Gasteiger partial charge in [0.05, 0.1) is 7.11 Å². The first-order valence-corrected chi connectivity index (χ1v) is 7.17. The molecular formula is C16H22N2O4. The minimum atomic E-state index is -0.737. The van der Waals surface area contributed by atoms with Crippen LogP contribution >= 0.6 is 0 Å². The van der Waals surface area contributed by atoms with E-state index in [1.807, 2.05) is 30.3 Å². The van der Waals surface area contributed by atoms with E-state index >= 15 is 0 Å². The molecule has 1 aromatic rings. The van der Waals surface area contributed by atoms with E-state index < -0.39 is 24.0 Å². The fourth-order valence-electron chi connectivity index (χ4n) is 2.05. The summed E-state index contributed by atoms with van der Waals surface area (Å²) in [4.78, 5) is 35.2. The molecule has 2 atom stereocenters. The first kappa shape index (κ1) is 17.7. The van der Waals surface area contributed by atoms with Gasteiger partial charge >= 0.3 is 5.97 Å². The van der Waals surface area contributed by atoms with E-state index in [1.165, 1.54) is 14.0 Å². The van der Waals surface area contributed by atoms with Crippen molar-refractivity contribution in [2.75, 3.05) is 7.11 Å². The zero-order valence-corrected chi connectivity index (χ0v) is 13.1. The van der Waals surface area contributed by atoms with Crippen molar-refractivity contribution in [3.05, 3.63) is 35.9 Å². The standard InChI is InChI=1S/C16H22N2O4/c1-4-13(16(21)22-3)18-15(20)14(17-11(2)19)10-12-8-6-5-7-9-12/h5-9,13-14H,4,10H2,1-3H3,(H,17,19)(H,18,20)/t13-,14-/m0/s1. The van der Waals surface area contributed by atoms with E-state index in [1.54, 1.807) is 6.92 Å². The number of rotatable bonds is 7. The van der Waals surface area contributed by atoms with Gasteiger partial charge in [0, 0.05) is 13.3 Å². The van der Waals surface area contributed by atoms with Gasteiger partial charge in [0.15, 0.2) is 0 Å². The first-order chi connectivity index (χ1) is 10.5. The molecule has 0 aromatic heterocycles. The Morgan fingerprint density at radius 3 is 2.23 bits per heavy atom. The Hall–Kier alpha value is -2.37. The highest BCUT2D eigenvalue weighted by Crippen LogP contribution is 2.05. The van der Waals surface area contributed by atoms with Crippen molar-refractivity contribution in [2.24, 2.45) is 0 Å². The van der Waals surface area contributed by atoms with E-state index in [9.17, 15) is 14.4 Å². The van der Waals surface area contributed by atoms with Crippen molar-refractivity contribution < 1.29 is 19.1 Å². The average molecular weight is 306 g/mol. The summed E-state index contributed by atoms with van der Waals surface area (Å²) < 4.78 is 4.64. The van der Waals surface area contributed by atoms with Crippen molar-refractivity contribution in [1.29, 1.82) is 0 Å². The van der Waals surface area contributed by atoms with Crippen LogP contribution in [0.15, 0.2) is 30.3 Å². The van der Waals surface area contributed by atoms with Gasteiger partial charge in [0.1, 0.15) is 12.1 Å². The van der Waals surface area contributed by atoms with Crippen LogP contribution in [0.1, 0.15) is 25.8 Å². The maximum absolute atomic E-state index is 12.3. The smallest absolute Gasteiger partial charge is 0.328 e. The zero-order chi connectivity index (χ0) is 16.5. The molecular weight excluding hydrogens is 284 g/mol. The van der Waals surface area contributed by atoms with Crippen molar-refractivity contribution in [2.45, 2.75) is 38.8 Å². The topological polar surface area (TPSA) is 84.5 Å². The van der Waals surface area contributed by atoms with Crippen molar-refractivity contribution in [1.82, 2.24) is 10.6 Å². The molecule has 120 valence electrons. The van der Waals surface area contributed by atoms with Crippen LogP contribution in [0.25, 0.3) is 0 Å². The van der Waals surface area contributed by atoms with Crippen LogP contribution < -0.4 is 10.6 Å². The number of nitrogens with one attached hydrogen (secondary N) is 2. The molecule has 0 aliphatic heterocycles. The lowest BCUT2D eigenvalue weighted by Gasteiger charge is -2.21. The number of carbonyl (C=O) groups is 3. The first-order valence-electron chi connectivity index (χ1n) is 7.17. The molecule has 0 saturated heterocycles. The Kier molecular flexibility index (Phi) is 7.08. The summed E-state index contributed by atoms with van der Waals surface area (Å²) in [6, 6.07) is 7.90. The summed E-state index contributed by atoms with van der Waals surface area (Å²) in [5, 5.41) is 5.23. The molecule has 0 aliphatic carbocycles. The molecule has 2 N–H and O–H groups in total. The highest BCUT2D eigenvalue weighted by atomic mass is 16.5. The number of hydrogen-bond acceptors (Lipinski definition) is 4. The largest absolute Gasteiger partial charge is 0.467 e. The zero-order valence-electron chi connectivity index (χ0n) is 13.1. The maximum atomic E-state index is 12.3. The van der Waals surface area contributed by atoms with Crippen LogP contribution in [-0.2, 0) is 25.5 Å². The van der Waals surface area contributed by atoms with Crippen LogP contribution in [0.2, 0.25) is 0 Å². The Morgan fingerprint density at radius 2 is 1.73 bits per heavy atom. The molecule has 22 heavy (non-hydrogen) atoms. The summed E-state index contributed by atoms with van der Waals surface area (Å²) in [6.07, 6.45) is 0.764. The molecule has 0 aliphatic rings. The number of esters is 1.